The van der Waals surface area contributed by atoms with Gasteiger partial charge in [0.2, 0.25) is 0 Å². The van der Waals surface area contributed by atoms with E-state index in [1.54, 1.807) is 6.07 Å². The molecule has 0 fully saturated rings. The fourth-order valence-corrected chi connectivity index (χ4v) is 3.00. The lowest BCUT2D eigenvalue weighted by Crippen LogP contribution is -2.24. The first-order valence-corrected chi connectivity index (χ1v) is 10.0. The number of anilines is 1. The van der Waals surface area contributed by atoms with Crippen LogP contribution in [0.3, 0.4) is 0 Å². The first-order valence-electron chi connectivity index (χ1n) is 10.0. The molecule has 2 aromatic carbocycles. The molecular weight excluding hydrogens is 382 g/mol. The second-order valence-electron chi connectivity index (χ2n) is 6.57. The molecule has 0 heterocycles. The van der Waals surface area contributed by atoms with E-state index in [1.807, 2.05) is 63.3 Å². The summed E-state index contributed by atoms with van der Waals surface area (Å²) in [5.41, 5.74) is 3.85. The Morgan fingerprint density at radius 2 is 1.70 bits per heavy atom. The van der Waals surface area contributed by atoms with Gasteiger partial charge in [-0.1, -0.05) is 50.3 Å². The van der Waals surface area contributed by atoms with Crippen molar-refractivity contribution in [2.24, 2.45) is 0 Å². The van der Waals surface area contributed by atoms with Crippen molar-refractivity contribution in [3.05, 3.63) is 59.2 Å². The van der Waals surface area contributed by atoms with E-state index in [0.717, 1.165) is 35.2 Å². The van der Waals surface area contributed by atoms with Crippen LogP contribution in [-0.4, -0.2) is 32.2 Å². The van der Waals surface area contributed by atoms with Crippen LogP contribution < -0.4 is 14.8 Å². The van der Waals surface area contributed by atoms with Crippen molar-refractivity contribution >= 4 is 23.6 Å². The molecule has 1 amide bonds. The minimum Gasteiger partial charge on any atom is -0.493 e. The number of esters is 1. The standard InChI is InChI=1S/C24H29NO5/c1-5-9-17-12-13-20(21(14-17)28-4)29-16-23(27)30-15-22(26)25-24-18(6-2)10-8-11-19(24)7-3/h5,8-14H,6-7,15-16H2,1-4H3,(H,25,26)/b9-5+. The minimum atomic E-state index is -0.635. The number of rotatable bonds is 10. The van der Waals surface area contributed by atoms with Crippen LogP contribution in [0.4, 0.5) is 5.69 Å². The van der Waals surface area contributed by atoms with Crippen LogP contribution >= 0.6 is 0 Å². The zero-order valence-corrected chi connectivity index (χ0v) is 18.0. The Morgan fingerprint density at radius 1 is 1.00 bits per heavy atom. The zero-order chi connectivity index (χ0) is 21.9. The van der Waals surface area contributed by atoms with Crippen molar-refractivity contribution in [3.63, 3.8) is 0 Å². The van der Waals surface area contributed by atoms with Gasteiger partial charge in [-0.05, 0) is 48.6 Å². The molecular formula is C24H29NO5. The van der Waals surface area contributed by atoms with Gasteiger partial charge in [-0.25, -0.2) is 4.79 Å². The lowest BCUT2D eigenvalue weighted by Gasteiger charge is -2.14. The Labute approximate surface area is 177 Å². The monoisotopic (exact) mass is 411 g/mol. The number of carbonyl (C=O) groups excluding carboxylic acids is 2. The Hall–Kier alpha value is -3.28. The van der Waals surface area contributed by atoms with Gasteiger partial charge in [0.05, 0.1) is 7.11 Å². The van der Waals surface area contributed by atoms with Crippen molar-refractivity contribution in [2.45, 2.75) is 33.6 Å². The molecule has 0 aromatic heterocycles. The molecule has 0 aliphatic heterocycles. The summed E-state index contributed by atoms with van der Waals surface area (Å²) >= 11 is 0. The number of benzene rings is 2. The second kappa shape index (κ2) is 11.7. The maximum Gasteiger partial charge on any atom is 0.344 e. The van der Waals surface area contributed by atoms with Crippen LogP contribution in [0.25, 0.3) is 6.08 Å². The lowest BCUT2D eigenvalue weighted by atomic mass is 10.0. The Bertz CT molecular complexity index is 882. The molecule has 0 unspecified atom stereocenters. The minimum absolute atomic E-state index is 0.321. The van der Waals surface area contributed by atoms with E-state index >= 15 is 0 Å². The number of nitrogens with one attached hydrogen (secondary N) is 1. The van der Waals surface area contributed by atoms with Gasteiger partial charge < -0.3 is 19.5 Å². The van der Waals surface area contributed by atoms with Gasteiger partial charge in [0.25, 0.3) is 5.91 Å². The van der Waals surface area contributed by atoms with Crippen molar-refractivity contribution in [1.29, 1.82) is 0 Å². The van der Waals surface area contributed by atoms with Gasteiger partial charge >= 0.3 is 5.97 Å². The molecule has 1 N–H and O–H groups in total. The Morgan fingerprint density at radius 3 is 2.30 bits per heavy atom. The molecule has 0 atom stereocenters. The molecule has 0 saturated heterocycles. The summed E-state index contributed by atoms with van der Waals surface area (Å²) in [5.74, 6) is -0.0764. The fourth-order valence-electron chi connectivity index (χ4n) is 3.00. The summed E-state index contributed by atoms with van der Waals surface area (Å²) in [4.78, 5) is 24.3. The maximum absolute atomic E-state index is 12.3. The average molecular weight is 411 g/mol. The second-order valence-corrected chi connectivity index (χ2v) is 6.57. The van der Waals surface area contributed by atoms with Crippen LogP contribution in [0.5, 0.6) is 11.5 Å². The van der Waals surface area contributed by atoms with E-state index in [0.29, 0.717) is 11.5 Å². The third-order valence-electron chi connectivity index (χ3n) is 4.52. The molecule has 0 aliphatic carbocycles. The lowest BCUT2D eigenvalue weighted by molar-refractivity contribution is -0.149. The zero-order valence-electron chi connectivity index (χ0n) is 18.0. The summed E-state index contributed by atoms with van der Waals surface area (Å²) in [7, 11) is 1.53. The molecule has 2 rings (SSSR count). The first kappa shape index (κ1) is 23.0. The van der Waals surface area contributed by atoms with Crippen LogP contribution in [0.1, 0.15) is 37.5 Å². The van der Waals surface area contributed by atoms with E-state index in [2.05, 4.69) is 5.32 Å². The summed E-state index contributed by atoms with van der Waals surface area (Å²) < 4.78 is 15.8. The fraction of sp³-hybridized carbons (Fsp3) is 0.333. The largest absolute Gasteiger partial charge is 0.493 e. The number of ether oxygens (including phenoxy) is 3. The van der Waals surface area contributed by atoms with Gasteiger partial charge in [-0.15, -0.1) is 0 Å². The number of aryl methyl sites for hydroxylation is 2. The van der Waals surface area contributed by atoms with Crippen molar-refractivity contribution in [2.75, 3.05) is 25.6 Å². The third kappa shape index (κ3) is 6.37. The van der Waals surface area contributed by atoms with E-state index in [9.17, 15) is 9.59 Å². The molecule has 30 heavy (non-hydrogen) atoms. The van der Waals surface area contributed by atoms with E-state index in [1.165, 1.54) is 7.11 Å². The molecule has 0 aliphatic rings. The summed E-state index contributed by atoms with van der Waals surface area (Å²) in [5, 5.41) is 2.86. The SMILES string of the molecule is C/C=C/c1ccc(OCC(=O)OCC(=O)Nc2c(CC)cccc2CC)c(OC)c1. The molecule has 0 spiro atoms. The quantitative estimate of drug-likeness (QED) is 0.586. The van der Waals surface area contributed by atoms with Gasteiger partial charge in [-0.2, -0.15) is 0 Å². The number of hydrogen-bond donors (Lipinski definition) is 1. The highest BCUT2D eigenvalue weighted by Crippen LogP contribution is 2.28. The topological polar surface area (TPSA) is 73.9 Å². The summed E-state index contributed by atoms with van der Waals surface area (Å²) in [6, 6.07) is 11.3. The van der Waals surface area contributed by atoms with Crippen LogP contribution in [0.15, 0.2) is 42.5 Å². The number of amides is 1. The highest BCUT2D eigenvalue weighted by molar-refractivity contribution is 5.94. The van der Waals surface area contributed by atoms with E-state index < -0.39 is 5.97 Å². The number of para-hydroxylation sites is 1. The van der Waals surface area contributed by atoms with E-state index in [4.69, 9.17) is 14.2 Å². The highest BCUT2D eigenvalue weighted by Gasteiger charge is 2.13. The van der Waals surface area contributed by atoms with Crippen molar-refractivity contribution in [1.82, 2.24) is 0 Å². The smallest absolute Gasteiger partial charge is 0.344 e. The van der Waals surface area contributed by atoms with Gasteiger partial charge in [0.15, 0.2) is 24.7 Å². The van der Waals surface area contributed by atoms with Crippen LogP contribution in [0, 0.1) is 0 Å². The van der Waals surface area contributed by atoms with Crippen LogP contribution in [0.2, 0.25) is 0 Å². The molecule has 0 saturated carbocycles. The van der Waals surface area contributed by atoms with Crippen molar-refractivity contribution in [3.8, 4) is 11.5 Å². The molecule has 2 aromatic rings. The maximum atomic E-state index is 12.3. The normalized spacial score (nSPS) is 10.7. The highest BCUT2D eigenvalue weighted by atomic mass is 16.6. The Balaban J connectivity index is 1.89. The number of hydrogen-bond acceptors (Lipinski definition) is 5. The Kier molecular flexibility index (Phi) is 8.94. The van der Waals surface area contributed by atoms with E-state index in [-0.39, 0.29) is 19.1 Å². The summed E-state index contributed by atoms with van der Waals surface area (Å²) in [6.45, 7) is 5.29. The molecule has 160 valence electrons. The van der Waals surface area contributed by atoms with Crippen molar-refractivity contribution < 1.29 is 23.8 Å². The van der Waals surface area contributed by atoms with Gasteiger partial charge in [0, 0.05) is 5.69 Å². The van der Waals surface area contributed by atoms with Gasteiger partial charge in [-0.3, -0.25) is 4.79 Å². The predicted octanol–water partition coefficient (Wildman–Crippen LogP) is 4.41. The van der Waals surface area contributed by atoms with Gasteiger partial charge in [0.1, 0.15) is 0 Å². The molecule has 6 nitrogen and oxygen atoms in total. The number of carbonyl (C=O) groups is 2. The molecule has 0 radical (unpaired) electrons. The molecule has 6 heteroatoms. The van der Waals surface area contributed by atoms with Crippen LogP contribution in [-0.2, 0) is 27.2 Å². The average Bonchev–Trinajstić information content (AvgIpc) is 2.76. The third-order valence-corrected chi connectivity index (χ3v) is 4.52. The first-order chi connectivity index (χ1) is 14.5. The number of allylic oxidation sites excluding steroid dienone is 1. The predicted molar refractivity (Wildman–Crippen MR) is 118 cm³/mol. The molecule has 0 bridgehead atoms. The number of methoxy groups -OCH3 is 1. The summed E-state index contributed by atoms with van der Waals surface area (Å²) in [6.07, 6.45) is 5.44.